The third-order valence-corrected chi connectivity index (χ3v) is 5.74. The lowest BCUT2D eigenvalue weighted by molar-refractivity contribution is 0.0976. The second-order valence-electron chi connectivity index (χ2n) is 9.21. The summed E-state index contributed by atoms with van der Waals surface area (Å²) < 4.78 is 5.71. The van der Waals surface area contributed by atoms with Gasteiger partial charge in [0.1, 0.15) is 5.75 Å². The molecule has 4 aromatic carbocycles. The number of nitrogens with one attached hydrogen (secondary N) is 4. The Hall–Kier alpha value is -4.69. The molecule has 0 aliphatic carbocycles. The molecule has 0 atom stereocenters. The van der Waals surface area contributed by atoms with Crippen LogP contribution in [0.15, 0.2) is 103 Å². The van der Waals surface area contributed by atoms with Crippen molar-refractivity contribution in [3.8, 4) is 5.75 Å². The first-order valence-electron chi connectivity index (χ1n) is 12.5. The summed E-state index contributed by atoms with van der Waals surface area (Å²) in [5.41, 5.74) is 3.78. The number of ether oxygens (including phenoxy) is 1. The Balaban J connectivity index is 1.36. The third-order valence-electron chi connectivity index (χ3n) is 5.53. The molecule has 4 N–H and O–H groups in total. The first-order chi connectivity index (χ1) is 18.9. The molecule has 0 aromatic heterocycles. The van der Waals surface area contributed by atoms with Gasteiger partial charge >= 0.3 is 0 Å². The number of hydrogen-bond donors (Lipinski definition) is 4. The molecule has 0 fully saturated rings. The van der Waals surface area contributed by atoms with E-state index in [0.29, 0.717) is 40.8 Å². The summed E-state index contributed by atoms with van der Waals surface area (Å²) >= 11 is 5.36. The normalized spacial score (nSPS) is 10.4. The highest BCUT2D eigenvalue weighted by Crippen LogP contribution is 2.21. The highest BCUT2D eigenvalue weighted by atomic mass is 32.1. The Morgan fingerprint density at radius 1 is 0.744 bits per heavy atom. The maximum atomic E-state index is 13.1. The average molecular weight is 539 g/mol. The van der Waals surface area contributed by atoms with Crippen LogP contribution in [0.3, 0.4) is 0 Å². The van der Waals surface area contributed by atoms with Crippen LogP contribution >= 0.6 is 12.2 Å². The zero-order chi connectivity index (χ0) is 27.6. The highest BCUT2D eigenvalue weighted by Gasteiger charge is 2.14. The number of para-hydroxylation sites is 2. The van der Waals surface area contributed by atoms with E-state index in [2.05, 4.69) is 35.1 Å². The summed E-state index contributed by atoms with van der Waals surface area (Å²) in [6, 6.07) is 31.1. The number of carbonyl (C=O) groups excluding carboxylic acids is 2. The van der Waals surface area contributed by atoms with Gasteiger partial charge in [-0.05, 0) is 84.9 Å². The third kappa shape index (κ3) is 8.15. The fourth-order valence-electron chi connectivity index (χ4n) is 3.63. The van der Waals surface area contributed by atoms with Crippen molar-refractivity contribution in [1.82, 2.24) is 5.32 Å². The van der Waals surface area contributed by atoms with Crippen molar-refractivity contribution in [2.24, 2.45) is 5.92 Å². The van der Waals surface area contributed by atoms with E-state index in [-0.39, 0.29) is 16.9 Å². The van der Waals surface area contributed by atoms with Gasteiger partial charge in [0.25, 0.3) is 11.8 Å². The van der Waals surface area contributed by atoms with Gasteiger partial charge in [0.2, 0.25) is 0 Å². The predicted molar refractivity (Wildman–Crippen MR) is 161 cm³/mol. The summed E-state index contributed by atoms with van der Waals surface area (Å²) in [5.74, 6) is 0.285. The van der Waals surface area contributed by atoms with Gasteiger partial charge in [0.15, 0.2) is 5.11 Å². The van der Waals surface area contributed by atoms with Crippen molar-refractivity contribution in [3.63, 3.8) is 0 Å². The lowest BCUT2D eigenvalue weighted by Gasteiger charge is -2.14. The van der Waals surface area contributed by atoms with Gasteiger partial charge < -0.3 is 20.7 Å². The smallest absolute Gasteiger partial charge is 0.257 e. The molecule has 0 unspecified atom stereocenters. The Kier molecular flexibility index (Phi) is 9.26. The highest BCUT2D eigenvalue weighted by molar-refractivity contribution is 7.80. The second-order valence-corrected chi connectivity index (χ2v) is 9.62. The van der Waals surface area contributed by atoms with Crippen LogP contribution in [0.1, 0.15) is 34.6 Å². The van der Waals surface area contributed by atoms with Gasteiger partial charge in [-0.3, -0.25) is 14.9 Å². The first kappa shape index (κ1) is 27.3. The standard InChI is InChI=1S/C31H30N4O3S/c1-21(2)20-38-26-12-8-9-22(19-26)29(36)35-31(39)34-28-14-7-6-13-27(28)30(37)33-25-17-15-24(16-18-25)32-23-10-4-3-5-11-23/h3-19,21,32H,20H2,1-2H3,(H,33,37)(H2,34,35,36,39). The lowest BCUT2D eigenvalue weighted by Crippen LogP contribution is -2.34. The van der Waals surface area contributed by atoms with Crippen molar-refractivity contribution < 1.29 is 14.3 Å². The Morgan fingerprint density at radius 2 is 1.41 bits per heavy atom. The van der Waals surface area contributed by atoms with Crippen LogP contribution in [0.2, 0.25) is 0 Å². The fourth-order valence-corrected chi connectivity index (χ4v) is 3.84. The molecule has 0 aliphatic heterocycles. The molecule has 2 amide bonds. The summed E-state index contributed by atoms with van der Waals surface area (Å²) in [5, 5.41) is 11.9. The van der Waals surface area contributed by atoms with E-state index in [1.165, 1.54) is 0 Å². The SMILES string of the molecule is CC(C)COc1cccc(C(=O)NC(=S)Nc2ccccc2C(=O)Nc2ccc(Nc3ccccc3)cc2)c1. The fraction of sp³-hybridized carbons (Fsp3) is 0.129. The van der Waals surface area contributed by atoms with E-state index in [4.69, 9.17) is 17.0 Å². The number of rotatable bonds is 9. The zero-order valence-corrected chi connectivity index (χ0v) is 22.5. The number of amides is 2. The molecule has 4 aromatic rings. The minimum absolute atomic E-state index is 0.0742. The molecule has 0 heterocycles. The Labute approximate surface area is 233 Å². The maximum absolute atomic E-state index is 13.1. The first-order valence-corrected chi connectivity index (χ1v) is 13.0. The van der Waals surface area contributed by atoms with E-state index in [9.17, 15) is 9.59 Å². The van der Waals surface area contributed by atoms with Gasteiger partial charge in [0.05, 0.1) is 17.9 Å². The van der Waals surface area contributed by atoms with Crippen LogP contribution in [0.4, 0.5) is 22.7 Å². The molecule has 0 aliphatic rings. The molecule has 0 spiro atoms. The monoisotopic (exact) mass is 538 g/mol. The molecule has 0 bridgehead atoms. The van der Waals surface area contributed by atoms with Crippen LogP contribution < -0.4 is 26.0 Å². The molecular formula is C31H30N4O3S. The van der Waals surface area contributed by atoms with Crippen molar-refractivity contribution >= 4 is 51.9 Å². The van der Waals surface area contributed by atoms with Gasteiger partial charge in [-0.25, -0.2) is 0 Å². The van der Waals surface area contributed by atoms with Crippen LogP contribution in [-0.4, -0.2) is 23.5 Å². The summed E-state index contributed by atoms with van der Waals surface area (Å²) in [6.07, 6.45) is 0. The van der Waals surface area contributed by atoms with E-state index in [0.717, 1.165) is 11.4 Å². The summed E-state index contributed by atoms with van der Waals surface area (Å²) in [7, 11) is 0. The zero-order valence-electron chi connectivity index (χ0n) is 21.7. The molecular weight excluding hydrogens is 508 g/mol. The van der Waals surface area contributed by atoms with Gasteiger partial charge in [-0.2, -0.15) is 0 Å². The second kappa shape index (κ2) is 13.2. The van der Waals surface area contributed by atoms with Crippen LogP contribution in [-0.2, 0) is 0 Å². The molecule has 0 saturated heterocycles. The number of carbonyl (C=O) groups is 2. The predicted octanol–water partition coefficient (Wildman–Crippen LogP) is 6.84. The molecule has 8 heteroatoms. The molecule has 0 radical (unpaired) electrons. The lowest BCUT2D eigenvalue weighted by atomic mass is 10.1. The minimum atomic E-state index is -0.381. The van der Waals surface area contributed by atoms with Crippen molar-refractivity contribution in [2.45, 2.75) is 13.8 Å². The van der Waals surface area contributed by atoms with Crippen molar-refractivity contribution in [1.29, 1.82) is 0 Å². The number of hydrogen-bond acceptors (Lipinski definition) is 5. The van der Waals surface area contributed by atoms with Crippen molar-refractivity contribution in [2.75, 3.05) is 22.6 Å². The largest absolute Gasteiger partial charge is 0.493 e. The molecule has 198 valence electrons. The molecule has 0 saturated carbocycles. The number of thiocarbonyl (C=S) groups is 1. The van der Waals surface area contributed by atoms with E-state index < -0.39 is 0 Å². The quantitative estimate of drug-likeness (QED) is 0.174. The maximum Gasteiger partial charge on any atom is 0.257 e. The van der Waals surface area contributed by atoms with Crippen LogP contribution in [0.5, 0.6) is 5.75 Å². The summed E-state index contributed by atoms with van der Waals surface area (Å²) in [4.78, 5) is 25.8. The van der Waals surface area contributed by atoms with Crippen LogP contribution in [0, 0.1) is 5.92 Å². The van der Waals surface area contributed by atoms with E-state index >= 15 is 0 Å². The Bertz CT molecular complexity index is 1440. The molecule has 7 nitrogen and oxygen atoms in total. The number of benzene rings is 4. The number of anilines is 4. The van der Waals surface area contributed by atoms with Crippen LogP contribution in [0.25, 0.3) is 0 Å². The van der Waals surface area contributed by atoms with Gasteiger partial charge in [-0.1, -0.05) is 50.2 Å². The summed E-state index contributed by atoms with van der Waals surface area (Å²) in [6.45, 7) is 4.66. The van der Waals surface area contributed by atoms with E-state index in [1.54, 1.807) is 48.5 Å². The van der Waals surface area contributed by atoms with Crippen molar-refractivity contribution in [3.05, 3.63) is 114 Å². The average Bonchev–Trinajstić information content (AvgIpc) is 2.94. The van der Waals surface area contributed by atoms with E-state index in [1.807, 2.05) is 54.6 Å². The molecule has 4 rings (SSSR count). The topological polar surface area (TPSA) is 91.5 Å². The van der Waals surface area contributed by atoms with Gasteiger partial charge in [0, 0.05) is 22.6 Å². The van der Waals surface area contributed by atoms with Gasteiger partial charge in [-0.15, -0.1) is 0 Å². The minimum Gasteiger partial charge on any atom is -0.493 e. The Morgan fingerprint density at radius 3 is 2.15 bits per heavy atom. The molecule has 39 heavy (non-hydrogen) atoms.